The van der Waals surface area contributed by atoms with Crippen LogP contribution in [0.25, 0.3) is 6.08 Å². The van der Waals surface area contributed by atoms with E-state index >= 15 is 0 Å². The van der Waals surface area contributed by atoms with Gasteiger partial charge in [0.25, 0.3) is 0 Å². The van der Waals surface area contributed by atoms with Crippen molar-refractivity contribution in [3.63, 3.8) is 0 Å². The molecule has 0 fully saturated rings. The molecule has 6 heteroatoms. The summed E-state index contributed by atoms with van der Waals surface area (Å²) in [7, 11) is 1.49. The standard InChI is InChI=1S/C19H19NO5/c1-13(21)20-16(19(22)23)10-15-8-9-17(18(11-15)24-2)25-12-14-6-4-3-5-7-14/h3-11H,12H2,1-2H3,(H,20,21)(H,22,23)/p-1/b16-10-. The normalized spacial score (nSPS) is 10.9. The van der Waals surface area contributed by atoms with Gasteiger partial charge in [-0.2, -0.15) is 0 Å². The van der Waals surface area contributed by atoms with Gasteiger partial charge in [0, 0.05) is 6.92 Å². The molecule has 2 aromatic carbocycles. The van der Waals surface area contributed by atoms with E-state index in [1.165, 1.54) is 20.1 Å². The molecule has 0 aliphatic rings. The van der Waals surface area contributed by atoms with Gasteiger partial charge in [0.1, 0.15) is 6.61 Å². The summed E-state index contributed by atoms with van der Waals surface area (Å²) in [5.74, 6) is -0.993. The molecule has 0 bridgehead atoms. The van der Waals surface area contributed by atoms with Crippen LogP contribution in [0.3, 0.4) is 0 Å². The molecule has 0 heterocycles. The molecule has 0 saturated heterocycles. The molecule has 0 radical (unpaired) electrons. The number of rotatable bonds is 7. The summed E-state index contributed by atoms with van der Waals surface area (Å²) in [5.41, 5.74) is 1.21. The van der Waals surface area contributed by atoms with Crippen LogP contribution in [-0.4, -0.2) is 19.0 Å². The second-order valence-corrected chi connectivity index (χ2v) is 5.21. The van der Waals surface area contributed by atoms with E-state index in [1.54, 1.807) is 18.2 Å². The predicted molar refractivity (Wildman–Crippen MR) is 90.6 cm³/mol. The largest absolute Gasteiger partial charge is 0.543 e. The van der Waals surface area contributed by atoms with Gasteiger partial charge in [0.05, 0.1) is 18.8 Å². The Labute approximate surface area is 145 Å². The van der Waals surface area contributed by atoms with Crippen LogP contribution in [0.5, 0.6) is 11.5 Å². The van der Waals surface area contributed by atoms with Crippen molar-refractivity contribution in [1.82, 2.24) is 5.32 Å². The maximum Gasteiger partial charge on any atom is 0.221 e. The number of nitrogens with one attached hydrogen (secondary N) is 1. The van der Waals surface area contributed by atoms with Crippen molar-refractivity contribution >= 4 is 18.0 Å². The van der Waals surface area contributed by atoms with Gasteiger partial charge in [0.2, 0.25) is 5.91 Å². The van der Waals surface area contributed by atoms with Crippen LogP contribution in [-0.2, 0) is 16.2 Å². The monoisotopic (exact) mass is 340 g/mol. The number of carboxylic acids is 1. The molecular formula is C19H18NO5-. The van der Waals surface area contributed by atoms with Crippen molar-refractivity contribution in [3.05, 3.63) is 65.4 Å². The Hall–Kier alpha value is -3.28. The maximum absolute atomic E-state index is 11.1. The zero-order valence-corrected chi connectivity index (χ0v) is 13.9. The van der Waals surface area contributed by atoms with Gasteiger partial charge in [-0.25, -0.2) is 0 Å². The molecule has 0 saturated carbocycles. The zero-order chi connectivity index (χ0) is 18.2. The van der Waals surface area contributed by atoms with Crippen LogP contribution in [0.2, 0.25) is 0 Å². The van der Waals surface area contributed by atoms with E-state index < -0.39 is 11.9 Å². The van der Waals surface area contributed by atoms with Crippen LogP contribution in [0.1, 0.15) is 18.1 Å². The number of carbonyl (C=O) groups is 2. The van der Waals surface area contributed by atoms with Crippen molar-refractivity contribution in [2.75, 3.05) is 7.11 Å². The van der Waals surface area contributed by atoms with Crippen LogP contribution in [0.15, 0.2) is 54.2 Å². The first-order valence-corrected chi connectivity index (χ1v) is 7.55. The summed E-state index contributed by atoms with van der Waals surface area (Å²) in [6, 6.07) is 14.6. The van der Waals surface area contributed by atoms with Crippen LogP contribution in [0.4, 0.5) is 0 Å². The topological polar surface area (TPSA) is 87.7 Å². The van der Waals surface area contributed by atoms with Gasteiger partial charge >= 0.3 is 0 Å². The average Bonchev–Trinajstić information content (AvgIpc) is 2.60. The number of ether oxygens (including phenoxy) is 2. The third-order valence-electron chi connectivity index (χ3n) is 3.27. The number of methoxy groups -OCH3 is 1. The maximum atomic E-state index is 11.1. The minimum absolute atomic E-state index is 0.326. The van der Waals surface area contributed by atoms with Gasteiger partial charge in [-0.15, -0.1) is 0 Å². The van der Waals surface area contributed by atoms with Crippen LogP contribution < -0.4 is 19.9 Å². The number of amides is 1. The van der Waals surface area contributed by atoms with Gasteiger partial charge < -0.3 is 24.7 Å². The lowest BCUT2D eigenvalue weighted by Gasteiger charge is -2.13. The minimum Gasteiger partial charge on any atom is -0.543 e. The van der Waals surface area contributed by atoms with E-state index in [9.17, 15) is 14.7 Å². The van der Waals surface area contributed by atoms with E-state index in [1.807, 2.05) is 30.3 Å². The molecule has 0 spiro atoms. The second-order valence-electron chi connectivity index (χ2n) is 5.21. The van der Waals surface area contributed by atoms with Gasteiger partial charge in [0.15, 0.2) is 11.5 Å². The Morgan fingerprint density at radius 3 is 2.44 bits per heavy atom. The third kappa shape index (κ3) is 5.39. The molecule has 0 aliphatic heterocycles. The SMILES string of the molecule is COc1cc(/C=C(\NC(C)=O)C(=O)[O-])ccc1OCc1ccccc1. The predicted octanol–water partition coefficient (Wildman–Crippen LogP) is 1.50. The molecule has 6 nitrogen and oxygen atoms in total. The van der Waals surface area contributed by atoms with Crippen molar-refractivity contribution in [2.45, 2.75) is 13.5 Å². The fourth-order valence-corrected chi connectivity index (χ4v) is 2.13. The van der Waals surface area contributed by atoms with E-state index in [2.05, 4.69) is 5.32 Å². The minimum atomic E-state index is -1.47. The van der Waals surface area contributed by atoms with Crippen LogP contribution in [0, 0.1) is 0 Å². The Kier molecular flexibility index (Phi) is 6.17. The highest BCUT2D eigenvalue weighted by Gasteiger charge is 2.07. The first kappa shape index (κ1) is 18.1. The Morgan fingerprint density at radius 1 is 1.12 bits per heavy atom. The lowest BCUT2D eigenvalue weighted by Crippen LogP contribution is -2.34. The summed E-state index contributed by atoms with van der Waals surface area (Å²) in [4.78, 5) is 22.1. The molecular weight excluding hydrogens is 322 g/mol. The zero-order valence-electron chi connectivity index (χ0n) is 13.9. The van der Waals surface area contributed by atoms with E-state index in [0.717, 1.165) is 5.56 Å². The second kappa shape index (κ2) is 8.54. The molecule has 0 atom stereocenters. The molecule has 2 rings (SSSR count). The van der Waals surface area contributed by atoms with E-state index in [0.29, 0.717) is 23.7 Å². The highest BCUT2D eigenvalue weighted by atomic mass is 16.5. The molecule has 130 valence electrons. The van der Waals surface area contributed by atoms with Crippen molar-refractivity contribution in [2.24, 2.45) is 0 Å². The molecule has 2 aromatic rings. The first-order valence-electron chi connectivity index (χ1n) is 7.55. The molecule has 0 aliphatic carbocycles. The smallest absolute Gasteiger partial charge is 0.221 e. The number of aliphatic carboxylic acids is 1. The Bertz CT molecular complexity index is 784. The fraction of sp³-hybridized carbons (Fsp3) is 0.158. The number of hydrogen-bond acceptors (Lipinski definition) is 5. The van der Waals surface area contributed by atoms with Crippen molar-refractivity contribution < 1.29 is 24.2 Å². The highest BCUT2D eigenvalue weighted by Crippen LogP contribution is 2.29. The summed E-state index contributed by atoms with van der Waals surface area (Å²) >= 11 is 0. The van der Waals surface area contributed by atoms with Crippen LogP contribution >= 0.6 is 0 Å². The van der Waals surface area contributed by atoms with Crippen molar-refractivity contribution in [1.29, 1.82) is 0 Å². The summed E-state index contributed by atoms with van der Waals surface area (Å²) in [6.45, 7) is 1.60. The Balaban J connectivity index is 2.20. The lowest BCUT2D eigenvalue weighted by molar-refractivity contribution is -0.299. The third-order valence-corrected chi connectivity index (χ3v) is 3.27. The molecule has 0 aromatic heterocycles. The van der Waals surface area contributed by atoms with E-state index in [-0.39, 0.29) is 5.70 Å². The summed E-state index contributed by atoms with van der Waals surface area (Å²) < 4.78 is 11.0. The first-order chi connectivity index (χ1) is 12.0. The average molecular weight is 340 g/mol. The quantitative estimate of drug-likeness (QED) is 0.772. The Morgan fingerprint density at radius 2 is 1.84 bits per heavy atom. The van der Waals surface area contributed by atoms with E-state index in [4.69, 9.17) is 9.47 Å². The molecule has 25 heavy (non-hydrogen) atoms. The summed E-state index contributed by atoms with van der Waals surface area (Å²) in [6.07, 6.45) is 1.29. The fourth-order valence-electron chi connectivity index (χ4n) is 2.13. The number of hydrogen-bond donors (Lipinski definition) is 1. The molecule has 1 amide bonds. The number of benzene rings is 2. The highest BCUT2D eigenvalue weighted by molar-refractivity contribution is 5.95. The number of carbonyl (C=O) groups excluding carboxylic acids is 2. The summed E-state index contributed by atoms with van der Waals surface area (Å²) in [5, 5.41) is 13.3. The van der Waals surface area contributed by atoms with Gasteiger partial charge in [-0.1, -0.05) is 36.4 Å². The van der Waals surface area contributed by atoms with Gasteiger partial charge in [-0.05, 0) is 29.3 Å². The molecule has 0 unspecified atom stereocenters. The molecule has 1 N–H and O–H groups in total. The van der Waals surface area contributed by atoms with Gasteiger partial charge in [-0.3, -0.25) is 4.79 Å². The number of carboxylic acid groups (broad SMARTS) is 1. The lowest BCUT2D eigenvalue weighted by atomic mass is 10.1. The van der Waals surface area contributed by atoms with Crippen molar-refractivity contribution in [3.8, 4) is 11.5 Å².